The molecule has 0 spiro atoms. The molecule has 142 valence electrons. The van der Waals surface area contributed by atoms with Crippen molar-refractivity contribution in [3.63, 3.8) is 0 Å². The Morgan fingerprint density at radius 3 is 2.52 bits per heavy atom. The molecule has 5 nitrogen and oxygen atoms in total. The van der Waals surface area contributed by atoms with E-state index in [1.54, 1.807) is 19.2 Å². The summed E-state index contributed by atoms with van der Waals surface area (Å²) in [5, 5.41) is 4.54. The number of benzene rings is 3. The molecular weight excluding hydrogens is 386 g/mol. The molecule has 0 atom stereocenters. The van der Waals surface area contributed by atoms with Gasteiger partial charge in [-0.15, -0.1) is 6.42 Å². The standard InChI is InChI=1S/C23H16ClN3O2/c1-3-22-26-20-14-17(28-2)10-11-18(20)23(27-22)25-15-9-12-21(19(24)13-15)29-16-7-5-4-6-8-16/h1,4-14H,2H3,(H,25,26,27). The second-order valence-electron chi connectivity index (χ2n) is 6.11. The lowest BCUT2D eigenvalue weighted by Gasteiger charge is -2.12. The summed E-state index contributed by atoms with van der Waals surface area (Å²) in [5.41, 5.74) is 1.43. The zero-order chi connectivity index (χ0) is 20.2. The first-order chi connectivity index (χ1) is 14.2. The van der Waals surface area contributed by atoms with Gasteiger partial charge in [0.1, 0.15) is 23.1 Å². The van der Waals surface area contributed by atoms with Crippen molar-refractivity contribution in [2.75, 3.05) is 12.4 Å². The molecule has 1 heterocycles. The van der Waals surface area contributed by atoms with E-state index in [1.165, 1.54) is 0 Å². The highest BCUT2D eigenvalue weighted by Gasteiger charge is 2.10. The number of hydrogen-bond acceptors (Lipinski definition) is 5. The van der Waals surface area contributed by atoms with Crippen LogP contribution in [0.25, 0.3) is 10.9 Å². The van der Waals surface area contributed by atoms with E-state index in [4.69, 9.17) is 27.5 Å². The molecule has 4 aromatic rings. The normalized spacial score (nSPS) is 10.4. The van der Waals surface area contributed by atoms with Crippen LogP contribution in [0.1, 0.15) is 5.82 Å². The number of terminal acetylenes is 1. The van der Waals surface area contributed by atoms with Crippen LogP contribution in [0.4, 0.5) is 11.5 Å². The molecule has 0 saturated carbocycles. The van der Waals surface area contributed by atoms with E-state index in [-0.39, 0.29) is 5.82 Å². The fourth-order valence-electron chi connectivity index (χ4n) is 2.81. The first kappa shape index (κ1) is 18.6. The molecule has 29 heavy (non-hydrogen) atoms. The molecular formula is C23H16ClN3O2. The summed E-state index contributed by atoms with van der Waals surface area (Å²) in [6, 6.07) is 20.4. The number of ether oxygens (including phenoxy) is 2. The van der Waals surface area contributed by atoms with E-state index in [9.17, 15) is 0 Å². The maximum Gasteiger partial charge on any atom is 0.207 e. The van der Waals surface area contributed by atoms with Gasteiger partial charge in [-0.3, -0.25) is 0 Å². The lowest BCUT2D eigenvalue weighted by Crippen LogP contribution is -2.00. The Hall–Kier alpha value is -3.75. The summed E-state index contributed by atoms with van der Waals surface area (Å²) in [7, 11) is 1.60. The highest BCUT2D eigenvalue weighted by atomic mass is 35.5. The number of para-hydroxylation sites is 1. The Morgan fingerprint density at radius 1 is 0.966 bits per heavy atom. The smallest absolute Gasteiger partial charge is 0.207 e. The highest BCUT2D eigenvalue weighted by molar-refractivity contribution is 6.32. The largest absolute Gasteiger partial charge is 0.497 e. The molecule has 0 aliphatic carbocycles. The molecule has 0 amide bonds. The Balaban J connectivity index is 1.66. The topological polar surface area (TPSA) is 56.3 Å². The maximum absolute atomic E-state index is 6.42. The summed E-state index contributed by atoms with van der Waals surface area (Å²) in [6.07, 6.45) is 5.52. The van der Waals surface area contributed by atoms with Crippen LogP contribution >= 0.6 is 11.6 Å². The summed E-state index contributed by atoms with van der Waals surface area (Å²) >= 11 is 6.42. The minimum absolute atomic E-state index is 0.281. The van der Waals surface area contributed by atoms with Crippen molar-refractivity contribution >= 4 is 34.0 Å². The van der Waals surface area contributed by atoms with Crippen LogP contribution in [0.3, 0.4) is 0 Å². The van der Waals surface area contributed by atoms with Crippen molar-refractivity contribution in [3.05, 3.63) is 77.6 Å². The molecule has 0 fully saturated rings. The number of halogens is 1. The zero-order valence-electron chi connectivity index (χ0n) is 15.5. The van der Waals surface area contributed by atoms with E-state index in [2.05, 4.69) is 21.2 Å². The first-order valence-corrected chi connectivity index (χ1v) is 9.16. The zero-order valence-corrected chi connectivity index (χ0v) is 16.3. The average Bonchev–Trinajstić information content (AvgIpc) is 2.75. The average molecular weight is 402 g/mol. The van der Waals surface area contributed by atoms with Gasteiger partial charge in [-0.05, 0) is 48.4 Å². The number of anilines is 2. The van der Waals surface area contributed by atoms with Gasteiger partial charge in [0.15, 0.2) is 0 Å². The van der Waals surface area contributed by atoms with Crippen LogP contribution in [-0.2, 0) is 0 Å². The van der Waals surface area contributed by atoms with Crippen molar-refractivity contribution in [2.24, 2.45) is 0 Å². The number of aromatic nitrogens is 2. The van der Waals surface area contributed by atoms with Crippen LogP contribution < -0.4 is 14.8 Å². The minimum Gasteiger partial charge on any atom is -0.497 e. The summed E-state index contributed by atoms with van der Waals surface area (Å²) in [4.78, 5) is 8.79. The predicted octanol–water partition coefficient (Wildman–Crippen LogP) is 5.81. The number of nitrogens with zero attached hydrogens (tertiary/aromatic N) is 2. The van der Waals surface area contributed by atoms with Crippen molar-refractivity contribution in [1.29, 1.82) is 0 Å². The van der Waals surface area contributed by atoms with Gasteiger partial charge in [-0.1, -0.05) is 29.8 Å². The molecule has 3 aromatic carbocycles. The Labute approximate surface area is 173 Å². The van der Waals surface area contributed by atoms with Crippen molar-refractivity contribution in [3.8, 4) is 29.6 Å². The van der Waals surface area contributed by atoms with Gasteiger partial charge < -0.3 is 14.8 Å². The number of fused-ring (bicyclic) bond motifs is 1. The van der Waals surface area contributed by atoms with Gasteiger partial charge in [0, 0.05) is 17.1 Å². The molecule has 4 rings (SSSR count). The van der Waals surface area contributed by atoms with E-state index < -0.39 is 0 Å². The molecule has 0 saturated heterocycles. The molecule has 0 radical (unpaired) electrons. The highest BCUT2D eigenvalue weighted by Crippen LogP contribution is 2.33. The third-order valence-electron chi connectivity index (χ3n) is 4.20. The van der Waals surface area contributed by atoms with Crippen LogP contribution in [0.2, 0.25) is 5.02 Å². The summed E-state index contributed by atoms with van der Waals surface area (Å²) in [5.74, 6) is 5.31. The Morgan fingerprint density at radius 2 is 1.79 bits per heavy atom. The quantitative estimate of drug-likeness (QED) is 0.428. The van der Waals surface area contributed by atoms with Gasteiger partial charge in [-0.25, -0.2) is 9.97 Å². The Bertz CT molecular complexity index is 1220. The molecule has 0 aliphatic rings. The van der Waals surface area contributed by atoms with Crippen molar-refractivity contribution in [2.45, 2.75) is 0 Å². The fraction of sp³-hybridized carbons (Fsp3) is 0.0435. The van der Waals surface area contributed by atoms with Crippen LogP contribution in [-0.4, -0.2) is 17.1 Å². The van der Waals surface area contributed by atoms with E-state index in [0.29, 0.717) is 33.6 Å². The van der Waals surface area contributed by atoms with Crippen LogP contribution in [0, 0.1) is 12.3 Å². The van der Waals surface area contributed by atoms with Gasteiger partial charge >= 0.3 is 0 Å². The SMILES string of the molecule is C#Cc1nc(Nc2ccc(Oc3ccccc3)c(Cl)c2)c2ccc(OC)cc2n1. The lowest BCUT2D eigenvalue weighted by atomic mass is 10.2. The fourth-order valence-corrected chi connectivity index (χ4v) is 3.03. The summed E-state index contributed by atoms with van der Waals surface area (Å²) < 4.78 is 11.1. The molecule has 0 unspecified atom stereocenters. The lowest BCUT2D eigenvalue weighted by molar-refractivity contribution is 0.415. The molecule has 6 heteroatoms. The number of methoxy groups -OCH3 is 1. The third-order valence-corrected chi connectivity index (χ3v) is 4.49. The minimum atomic E-state index is 0.281. The number of hydrogen-bond donors (Lipinski definition) is 1. The van der Waals surface area contributed by atoms with Crippen LogP contribution in [0.5, 0.6) is 17.2 Å². The molecule has 0 bridgehead atoms. The molecule has 1 aromatic heterocycles. The van der Waals surface area contributed by atoms with Crippen molar-refractivity contribution < 1.29 is 9.47 Å². The van der Waals surface area contributed by atoms with Gasteiger partial charge in [0.25, 0.3) is 0 Å². The van der Waals surface area contributed by atoms with Gasteiger partial charge in [-0.2, -0.15) is 0 Å². The van der Waals surface area contributed by atoms with E-state index in [0.717, 1.165) is 11.1 Å². The predicted molar refractivity (Wildman–Crippen MR) is 115 cm³/mol. The Kier molecular flexibility index (Phi) is 5.19. The molecule has 1 N–H and O–H groups in total. The maximum atomic E-state index is 6.42. The van der Waals surface area contributed by atoms with E-state index in [1.807, 2.05) is 54.6 Å². The van der Waals surface area contributed by atoms with Crippen LogP contribution in [0.15, 0.2) is 66.7 Å². The van der Waals surface area contributed by atoms with Gasteiger partial charge in [0.2, 0.25) is 5.82 Å². The second kappa shape index (κ2) is 8.09. The van der Waals surface area contributed by atoms with Gasteiger partial charge in [0.05, 0.1) is 17.6 Å². The second-order valence-corrected chi connectivity index (χ2v) is 6.52. The first-order valence-electron chi connectivity index (χ1n) is 8.78. The van der Waals surface area contributed by atoms with Crippen molar-refractivity contribution in [1.82, 2.24) is 9.97 Å². The van der Waals surface area contributed by atoms with E-state index >= 15 is 0 Å². The summed E-state index contributed by atoms with van der Waals surface area (Å²) in [6.45, 7) is 0. The number of rotatable bonds is 5. The number of nitrogens with one attached hydrogen (secondary N) is 1. The third kappa shape index (κ3) is 4.08. The molecule has 0 aliphatic heterocycles. The monoisotopic (exact) mass is 401 g/mol.